The normalized spacial score (nSPS) is 18.9. The van der Waals surface area contributed by atoms with Crippen LogP contribution in [0, 0.1) is 0 Å². The Kier molecular flexibility index (Phi) is 4.71. The minimum atomic E-state index is 0.220. The Morgan fingerprint density at radius 1 is 1.22 bits per heavy atom. The van der Waals surface area contributed by atoms with Crippen LogP contribution in [-0.2, 0) is 0 Å². The summed E-state index contributed by atoms with van der Waals surface area (Å²) in [4.78, 5) is 1.47. The van der Waals surface area contributed by atoms with E-state index < -0.39 is 0 Å². The van der Waals surface area contributed by atoms with Crippen LogP contribution in [0.25, 0.3) is 0 Å². The van der Waals surface area contributed by atoms with Gasteiger partial charge < -0.3 is 10.6 Å². The van der Waals surface area contributed by atoms with Gasteiger partial charge in [-0.05, 0) is 32.4 Å². The highest BCUT2D eigenvalue weighted by Crippen LogP contribution is 2.38. The van der Waals surface area contributed by atoms with Gasteiger partial charge in [-0.1, -0.05) is 18.2 Å². The first-order valence-electron chi connectivity index (χ1n) is 6.74. The van der Waals surface area contributed by atoms with Gasteiger partial charge in [-0.15, -0.1) is 11.8 Å². The van der Waals surface area contributed by atoms with Gasteiger partial charge in [-0.25, -0.2) is 0 Å². The fourth-order valence-corrected chi connectivity index (χ4v) is 3.45. The summed E-state index contributed by atoms with van der Waals surface area (Å²) in [5.41, 5.74) is 1.75. The van der Waals surface area contributed by atoms with Crippen molar-refractivity contribution in [3.63, 3.8) is 0 Å². The van der Waals surface area contributed by atoms with Crippen LogP contribution in [0.3, 0.4) is 0 Å². The Balaban J connectivity index is 1.70. The molecule has 1 aliphatic heterocycles. The molecule has 1 aromatic rings. The highest BCUT2D eigenvalue weighted by atomic mass is 32.2. The van der Waals surface area contributed by atoms with Crippen LogP contribution in [-0.4, -0.2) is 30.9 Å². The van der Waals surface area contributed by atoms with Gasteiger partial charge in [0.1, 0.15) is 0 Å². The van der Waals surface area contributed by atoms with Gasteiger partial charge in [-0.2, -0.15) is 0 Å². The van der Waals surface area contributed by atoms with Crippen LogP contribution in [0.1, 0.15) is 32.3 Å². The molecule has 2 N–H and O–H groups in total. The molecule has 1 aliphatic rings. The minimum Gasteiger partial charge on any atom is -0.315 e. The predicted molar refractivity (Wildman–Crippen MR) is 80.5 cm³/mol. The van der Waals surface area contributed by atoms with Crippen molar-refractivity contribution in [2.24, 2.45) is 0 Å². The summed E-state index contributed by atoms with van der Waals surface area (Å²) in [7, 11) is 0. The topological polar surface area (TPSA) is 24.1 Å². The van der Waals surface area contributed by atoms with E-state index in [0.29, 0.717) is 5.92 Å². The third-order valence-electron chi connectivity index (χ3n) is 3.15. The van der Waals surface area contributed by atoms with Crippen molar-refractivity contribution >= 4 is 11.8 Å². The molecule has 100 valence electrons. The Bertz CT molecular complexity index is 384. The number of hydrogen-bond acceptors (Lipinski definition) is 3. The summed E-state index contributed by atoms with van der Waals surface area (Å²) >= 11 is 1.99. The first-order chi connectivity index (χ1) is 8.56. The van der Waals surface area contributed by atoms with Crippen LogP contribution in [0.5, 0.6) is 0 Å². The Morgan fingerprint density at radius 2 is 2.00 bits per heavy atom. The lowest BCUT2D eigenvalue weighted by molar-refractivity contribution is 0.420. The van der Waals surface area contributed by atoms with Crippen molar-refractivity contribution in [1.82, 2.24) is 10.6 Å². The molecule has 0 spiro atoms. The van der Waals surface area contributed by atoms with E-state index in [-0.39, 0.29) is 5.54 Å². The second-order valence-electron chi connectivity index (χ2n) is 5.93. The van der Waals surface area contributed by atoms with Gasteiger partial charge >= 0.3 is 0 Å². The number of fused-ring (bicyclic) bond motifs is 1. The number of benzene rings is 1. The molecule has 0 radical (unpaired) electrons. The lowest BCUT2D eigenvalue weighted by Crippen LogP contribution is -2.40. The summed E-state index contributed by atoms with van der Waals surface area (Å²) < 4.78 is 0. The van der Waals surface area contributed by atoms with E-state index in [0.717, 1.165) is 19.6 Å². The fraction of sp³-hybridized carbons (Fsp3) is 0.600. The zero-order chi connectivity index (χ0) is 13.0. The smallest absolute Gasteiger partial charge is 0.0108 e. The standard InChI is InChI=1S/C15H24N2S/c1-15(2,3)17-9-8-16-10-12-11-18-14-7-5-4-6-13(12)14/h4-7,12,16-17H,8-11H2,1-3H3. The van der Waals surface area contributed by atoms with E-state index in [4.69, 9.17) is 0 Å². The van der Waals surface area contributed by atoms with Crippen molar-refractivity contribution in [2.75, 3.05) is 25.4 Å². The maximum Gasteiger partial charge on any atom is 0.0108 e. The Labute approximate surface area is 115 Å². The average molecular weight is 264 g/mol. The highest BCUT2D eigenvalue weighted by Gasteiger charge is 2.21. The molecule has 2 rings (SSSR count). The van der Waals surface area contributed by atoms with Crippen LogP contribution in [0.15, 0.2) is 29.2 Å². The molecular formula is C15H24N2S. The molecule has 1 aromatic carbocycles. The zero-order valence-corrected chi connectivity index (χ0v) is 12.4. The predicted octanol–water partition coefficient (Wildman–Crippen LogP) is 2.85. The second-order valence-corrected chi connectivity index (χ2v) is 6.99. The minimum absolute atomic E-state index is 0.220. The number of thioether (sulfide) groups is 1. The molecule has 18 heavy (non-hydrogen) atoms. The molecule has 0 saturated carbocycles. The zero-order valence-electron chi connectivity index (χ0n) is 11.6. The van der Waals surface area contributed by atoms with Gasteiger partial charge in [0.25, 0.3) is 0 Å². The SMILES string of the molecule is CC(C)(C)NCCNCC1CSc2ccccc21. The van der Waals surface area contributed by atoms with Gasteiger partial charge in [0.15, 0.2) is 0 Å². The van der Waals surface area contributed by atoms with E-state index in [1.807, 2.05) is 11.8 Å². The molecule has 2 nitrogen and oxygen atoms in total. The van der Waals surface area contributed by atoms with Crippen molar-refractivity contribution in [1.29, 1.82) is 0 Å². The van der Waals surface area contributed by atoms with E-state index in [2.05, 4.69) is 55.7 Å². The molecule has 0 saturated heterocycles. The lowest BCUT2D eigenvalue weighted by atomic mass is 10.0. The largest absolute Gasteiger partial charge is 0.315 e. The van der Waals surface area contributed by atoms with Crippen LogP contribution < -0.4 is 10.6 Å². The summed E-state index contributed by atoms with van der Waals surface area (Å²) in [5, 5.41) is 7.06. The fourth-order valence-electron chi connectivity index (χ4n) is 2.20. The quantitative estimate of drug-likeness (QED) is 0.800. The lowest BCUT2D eigenvalue weighted by Gasteiger charge is -2.21. The second kappa shape index (κ2) is 6.09. The van der Waals surface area contributed by atoms with Crippen molar-refractivity contribution < 1.29 is 0 Å². The number of rotatable bonds is 5. The van der Waals surface area contributed by atoms with E-state index in [1.165, 1.54) is 16.2 Å². The summed E-state index contributed by atoms with van der Waals surface area (Å²) in [5.74, 6) is 1.90. The maximum atomic E-state index is 3.56. The Morgan fingerprint density at radius 3 is 2.78 bits per heavy atom. The molecule has 0 amide bonds. The first kappa shape index (κ1) is 13.9. The van der Waals surface area contributed by atoms with E-state index >= 15 is 0 Å². The molecule has 0 fully saturated rings. The Hall–Kier alpha value is -0.510. The van der Waals surface area contributed by atoms with Crippen LogP contribution >= 0.6 is 11.8 Å². The molecule has 1 unspecified atom stereocenters. The van der Waals surface area contributed by atoms with E-state index in [9.17, 15) is 0 Å². The summed E-state index contributed by atoms with van der Waals surface area (Å²) in [6, 6.07) is 8.80. The molecule has 3 heteroatoms. The molecule has 0 aliphatic carbocycles. The summed E-state index contributed by atoms with van der Waals surface area (Å²) in [6.07, 6.45) is 0. The van der Waals surface area contributed by atoms with Gasteiger partial charge in [0, 0.05) is 41.7 Å². The maximum absolute atomic E-state index is 3.56. The number of nitrogens with one attached hydrogen (secondary N) is 2. The molecule has 0 aromatic heterocycles. The van der Waals surface area contributed by atoms with Gasteiger partial charge in [0.05, 0.1) is 0 Å². The monoisotopic (exact) mass is 264 g/mol. The highest BCUT2D eigenvalue weighted by molar-refractivity contribution is 7.99. The van der Waals surface area contributed by atoms with E-state index in [1.54, 1.807) is 0 Å². The molecule has 0 bridgehead atoms. The van der Waals surface area contributed by atoms with Crippen molar-refractivity contribution in [3.05, 3.63) is 29.8 Å². The van der Waals surface area contributed by atoms with Crippen LogP contribution in [0.2, 0.25) is 0 Å². The third-order valence-corrected chi connectivity index (χ3v) is 4.40. The molecular weight excluding hydrogens is 240 g/mol. The first-order valence-corrected chi connectivity index (χ1v) is 7.72. The molecule has 1 atom stereocenters. The average Bonchev–Trinajstić information content (AvgIpc) is 2.71. The molecule has 1 heterocycles. The third kappa shape index (κ3) is 4.01. The van der Waals surface area contributed by atoms with Gasteiger partial charge in [0.2, 0.25) is 0 Å². The van der Waals surface area contributed by atoms with Crippen LogP contribution in [0.4, 0.5) is 0 Å². The summed E-state index contributed by atoms with van der Waals surface area (Å²) in [6.45, 7) is 9.78. The number of hydrogen-bond donors (Lipinski definition) is 2. The van der Waals surface area contributed by atoms with Crippen molar-refractivity contribution in [3.8, 4) is 0 Å². The van der Waals surface area contributed by atoms with Gasteiger partial charge in [-0.3, -0.25) is 0 Å². The van der Waals surface area contributed by atoms with Crippen molar-refractivity contribution in [2.45, 2.75) is 37.1 Å².